The third-order valence-corrected chi connectivity index (χ3v) is 8.93. The van der Waals surface area contributed by atoms with E-state index in [1.54, 1.807) is 53.7 Å². The summed E-state index contributed by atoms with van der Waals surface area (Å²) >= 11 is 0. The number of nitrogens with two attached hydrogens (primary N) is 1. The molecule has 3 aromatic carbocycles. The van der Waals surface area contributed by atoms with Gasteiger partial charge < -0.3 is 59.4 Å². The Morgan fingerprint density at radius 1 is 0.667 bits per heavy atom. The molecule has 2 heterocycles. The summed E-state index contributed by atoms with van der Waals surface area (Å²) in [5.74, 6) is 0.167. The highest BCUT2D eigenvalue weighted by atomic mass is 16.8. The summed E-state index contributed by atoms with van der Waals surface area (Å²) in [6, 6.07) is 27.6. The molecule has 0 spiro atoms. The zero-order valence-electron chi connectivity index (χ0n) is 42.6. The number of aliphatic hydroxyl groups is 4. The molecule has 17 heteroatoms. The topological polar surface area (TPSA) is 246 Å². The van der Waals surface area contributed by atoms with E-state index in [0.717, 1.165) is 16.7 Å². The number of ether oxygens (including phenoxy) is 6. The van der Waals surface area contributed by atoms with Crippen LogP contribution in [0.15, 0.2) is 91.0 Å². The van der Waals surface area contributed by atoms with E-state index >= 15 is 0 Å². The minimum Gasteiger partial charge on any atom is -0.444 e. The summed E-state index contributed by atoms with van der Waals surface area (Å²) in [6.07, 6.45) is -3.82. The maximum absolute atomic E-state index is 12.5. The van der Waals surface area contributed by atoms with Crippen LogP contribution in [0.1, 0.15) is 146 Å². The van der Waals surface area contributed by atoms with Crippen LogP contribution in [-0.4, -0.2) is 116 Å². The Morgan fingerprint density at radius 3 is 1.42 bits per heavy atom. The van der Waals surface area contributed by atoms with Crippen LogP contribution in [0.4, 0.5) is 14.4 Å². The molecule has 7 N–H and O–H groups in total. The molecule has 0 saturated carbocycles. The number of hydrogen-bond acceptors (Lipinski definition) is 16. The molecule has 2 aliphatic heterocycles. The van der Waals surface area contributed by atoms with E-state index in [-0.39, 0.29) is 57.0 Å². The number of carbonyl (C=O) groups is 4. The highest BCUT2D eigenvalue weighted by Gasteiger charge is 2.51. The van der Waals surface area contributed by atoms with Crippen molar-refractivity contribution in [3.8, 4) is 0 Å². The predicted molar refractivity (Wildman–Crippen MR) is 265 cm³/mol. The van der Waals surface area contributed by atoms with Crippen LogP contribution in [0.5, 0.6) is 0 Å². The van der Waals surface area contributed by atoms with Crippen molar-refractivity contribution >= 4 is 24.2 Å². The molecular formula is C52H83N3O14. The molecule has 17 nitrogen and oxygen atoms in total. The van der Waals surface area contributed by atoms with Gasteiger partial charge in [0.25, 0.3) is 0 Å². The highest BCUT2D eigenvalue weighted by molar-refractivity contribution is 5.77. The minimum atomic E-state index is -1.06. The van der Waals surface area contributed by atoms with Crippen LogP contribution in [-0.2, 0) is 33.2 Å². The zero-order chi connectivity index (χ0) is 52.3. The molecule has 0 bridgehead atoms. The lowest BCUT2D eigenvalue weighted by Gasteiger charge is -2.34. The van der Waals surface area contributed by atoms with E-state index in [9.17, 15) is 34.5 Å². The first-order valence-electron chi connectivity index (χ1n) is 22.4. The normalized spacial score (nSPS) is 19.8. The molecule has 69 heavy (non-hydrogen) atoms. The van der Waals surface area contributed by atoms with E-state index in [4.69, 9.17) is 34.5 Å². The van der Waals surface area contributed by atoms with Gasteiger partial charge in [-0.2, -0.15) is 0 Å². The number of hydrogen-bond donors (Lipinski definition) is 6. The van der Waals surface area contributed by atoms with Crippen LogP contribution >= 0.6 is 0 Å². The number of ketones is 1. The molecule has 2 fully saturated rings. The van der Waals surface area contributed by atoms with Gasteiger partial charge in [0.2, 0.25) is 0 Å². The van der Waals surface area contributed by atoms with Crippen LogP contribution in [0.2, 0.25) is 0 Å². The van der Waals surface area contributed by atoms with E-state index in [0.29, 0.717) is 0 Å². The molecule has 1 amide bonds. The Morgan fingerprint density at radius 2 is 1.06 bits per heavy atom. The summed E-state index contributed by atoms with van der Waals surface area (Å²) in [5.41, 5.74) is 5.01. The van der Waals surface area contributed by atoms with Crippen molar-refractivity contribution in [3.05, 3.63) is 108 Å². The van der Waals surface area contributed by atoms with Gasteiger partial charge in [-0.15, -0.1) is 0 Å². The Hall–Kier alpha value is -4.98. The van der Waals surface area contributed by atoms with Gasteiger partial charge in [0.15, 0.2) is 0 Å². The third-order valence-electron chi connectivity index (χ3n) is 8.93. The standard InChI is InChI=1S/C17H25NO4.C12H17NO2.C10H18O5.C9H13NO2.C3H6O.CH4/c1-16(2,3)22-15(20)18-13(11-19)14(21-17(18,4)5)12-9-7-6-8-10-12;1-12(2)13-10(8-14)11(15-12)9-6-4-3-5-7-9;1-9(2,3)14-7(11)13-8(12)15-10(4,5)6;10-8(6-11)9(12)7-4-2-1-3-5-7;1-3(2)4;/h6-10,13-14,19H,11H2,1-5H3;3-7,10-11,13-14H,8H2,1-2H3;1-6H3;1-5,8-9,11-12H,6,10H2;1-2H3;1H4/t13-,14-;10-,11-;;8-,9-;;/m11.1../s1. The van der Waals surface area contributed by atoms with Crippen molar-refractivity contribution in [1.82, 2.24) is 10.2 Å². The van der Waals surface area contributed by atoms with Crippen molar-refractivity contribution in [2.24, 2.45) is 5.73 Å². The summed E-state index contributed by atoms with van der Waals surface area (Å²) in [4.78, 5) is 45.5. The van der Waals surface area contributed by atoms with Crippen LogP contribution < -0.4 is 11.1 Å². The summed E-state index contributed by atoms with van der Waals surface area (Å²) in [6.45, 7) is 25.8. The number of rotatable bonds is 7. The van der Waals surface area contributed by atoms with Crippen LogP contribution in [0, 0.1) is 0 Å². The molecule has 3 aromatic rings. The Kier molecular flexibility index (Phi) is 26.6. The molecule has 2 saturated heterocycles. The van der Waals surface area contributed by atoms with Gasteiger partial charge in [-0.05, 0) is 121 Å². The fourth-order valence-corrected chi connectivity index (χ4v) is 6.40. The lowest BCUT2D eigenvalue weighted by molar-refractivity contribution is -0.115. The number of amides is 1. The van der Waals surface area contributed by atoms with Crippen molar-refractivity contribution in [1.29, 1.82) is 0 Å². The second kappa shape index (κ2) is 28.6. The Balaban J connectivity index is 0.000000885. The quantitative estimate of drug-likeness (QED) is 0.0736. The Bertz CT molecular complexity index is 1920. The fourth-order valence-electron chi connectivity index (χ4n) is 6.40. The number of nitrogens with one attached hydrogen (secondary N) is 1. The highest BCUT2D eigenvalue weighted by Crippen LogP contribution is 2.41. The van der Waals surface area contributed by atoms with Crippen LogP contribution in [0.25, 0.3) is 0 Å². The molecule has 390 valence electrons. The number of aliphatic hydroxyl groups excluding tert-OH is 4. The van der Waals surface area contributed by atoms with Crippen LogP contribution in [0.3, 0.4) is 0 Å². The average Bonchev–Trinajstić information content (AvgIpc) is 3.70. The fraction of sp³-hybridized carbons (Fsp3) is 0.577. The summed E-state index contributed by atoms with van der Waals surface area (Å²) in [7, 11) is 0. The van der Waals surface area contributed by atoms with Gasteiger partial charge in [0, 0.05) is 0 Å². The monoisotopic (exact) mass is 974 g/mol. The summed E-state index contributed by atoms with van der Waals surface area (Å²) < 4.78 is 31.2. The van der Waals surface area contributed by atoms with E-state index < -0.39 is 59.1 Å². The first kappa shape index (κ1) is 64.0. The van der Waals surface area contributed by atoms with Gasteiger partial charge in [0.1, 0.15) is 46.2 Å². The minimum absolute atomic E-state index is 0. The molecule has 0 unspecified atom stereocenters. The van der Waals surface area contributed by atoms with Crippen molar-refractivity contribution in [2.75, 3.05) is 19.8 Å². The van der Waals surface area contributed by atoms with E-state index in [1.165, 1.54) is 18.7 Å². The van der Waals surface area contributed by atoms with Gasteiger partial charge in [-0.25, -0.2) is 14.4 Å². The Labute approximate surface area is 410 Å². The molecule has 0 radical (unpaired) electrons. The average molecular weight is 974 g/mol. The second-order valence-corrected chi connectivity index (χ2v) is 20.0. The maximum atomic E-state index is 12.5. The molecule has 5 rings (SSSR count). The number of carbonyl (C=O) groups excluding carboxylic acids is 4. The SMILES string of the molecule is C.CC(C)(C)OC(=O)N1[C@H](CO)[C@@H](c2ccccc2)OC1(C)C.CC(C)(C)OC(=O)OC(=O)OC(C)(C)C.CC(C)=O.CC1(C)N[C@H](CO)[C@@H](c2ccccc2)O1.N[C@H](CO)[C@H](O)c1ccccc1. The van der Waals surface area contributed by atoms with Crippen molar-refractivity contribution < 1.29 is 68.0 Å². The molecular weight excluding hydrogens is 891 g/mol. The maximum Gasteiger partial charge on any atom is 0.519 e. The predicted octanol–water partition coefficient (Wildman–Crippen LogP) is 8.68. The van der Waals surface area contributed by atoms with Gasteiger partial charge in [0.05, 0.1) is 44.1 Å². The molecule has 2 aliphatic rings. The zero-order valence-corrected chi connectivity index (χ0v) is 42.6. The first-order valence-corrected chi connectivity index (χ1v) is 22.4. The molecule has 0 aromatic heterocycles. The van der Waals surface area contributed by atoms with E-state index in [2.05, 4.69) is 10.1 Å². The number of benzene rings is 3. The lowest BCUT2D eigenvalue weighted by Crippen LogP contribution is -2.51. The largest absolute Gasteiger partial charge is 0.519 e. The molecule has 6 atom stereocenters. The first-order chi connectivity index (χ1) is 31.3. The van der Waals surface area contributed by atoms with Crippen molar-refractivity contribution in [2.45, 2.75) is 176 Å². The van der Waals surface area contributed by atoms with Gasteiger partial charge in [-0.1, -0.05) is 98.4 Å². The number of nitrogens with zero attached hydrogens (tertiary/aromatic N) is 1. The van der Waals surface area contributed by atoms with Gasteiger partial charge >= 0.3 is 18.4 Å². The lowest BCUT2D eigenvalue weighted by atomic mass is 10.0. The number of Topliss-reactive ketones (excluding diaryl/α,β-unsaturated/α-hetero) is 1. The second-order valence-electron chi connectivity index (χ2n) is 20.0. The third kappa shape index (κ3) is 24.9. The van der Waals surface area contributed by atoms with Gasteiger partial charge in [-0.3, -0.25) is 10.2 Å². The van der Waals surface area contributed by atoms with E-state index in [1.807, 2.05) is 127 Å². The smallest absolute Gasteiger partial charge is 0.444 e. The summed E-state index contributed by atoms with van der Waals surface area (Å²) in [5, 5.41) is 40.5. The van der Waals surface area contributed by atoms with Crippen molar-refractivity contribution in [3.63, 3.8) is 0 Å². The molecule has 0 aliphatic carbocycles.